The highest BCUT2D eigenvalue weighted by Crippen LogP contribution is 2.29. The topological polar surface area (TPSA) is 38.1 Å². The second-order valence-corrected chi connectivity index (χ2v) is 6.17. The maximum atomic E-state index is 5.09. The fourth-order valence-corrected chi connectivity index (χ4v) is 3.11. The van der Waals surface area contributed by atoms with Crippen molar-refractivity contribution in [1.29, 1.82) is 0 Å². The minimum absolute atomic E-state index is 0.666. The van der Waals surface area contributed by atoms with Gasteiger partial charge in [0.05, 0.1) is 5.69 Å². The number of rotatable bonds is 5. The summed E-state index contributed by atoms with van der Waals surface area (Å²) >= 11 is 0. The van der Waals surface area contributed by atoms with Gasteiger partial charge in [0, 0.05) is 18.7 Å². The van der Waals surface area contributed by atoms with E-state index >= 15 is 0 Å². The molecule has 1 heterocycles. The van der Waals surface area contributed by atoms with Crippen molar-refractivity contribution < 1.29 is 4.52 Å². The molecule has 0 aliphatic heterocycles. The van der Waals surface area contributed by atoms with Gasteiger partial charge in [-0.25, -0.2) is 0 Å². The molecule has 0 amide bonds. The van der Waals surface area contributed by atoms with Gasteiger partial charge < -0.3 is 9.84 Å². The van der Waals surface area contributed by atoms with Crippen LogP contribution in [0.25, 0.3) is 0 Å². The minimum Gasteiger partial charge on any atom is -0.361 e. The van der Waals surface area contributed by atoms with E-state index in [9.17, 15) is 0 Å². The summed E-state index contributed by atoms with van der Waals surface area (Å²) in [5, 5.41) is 7.66. The molecule has 0 aromatic carbocycles. The number of nitrogens with one attached hydrogen (secondary N) is 1. The van der Waals surface area contributed by atoms with Gasteiger partial charge in [-0.3, -0.25) is 0 Å². The lowest BCUT2D eigenvalue weighted by atomic mass is 9.81. The first-order chi connectivity index (χ1) is 8.63. The van der Waals surface area contributed by atoms with E-state index in [2.05, 4.69) is 24.3 Å². The van der Waals surface area contributed by atoms with E-state index in [1.165, 1.54) is 32.1 Å². The Kier molecular flexibility index (Phi) is 4.81. The third kappa shape index (κ3) is 4.13. The molecule has 102 valence electrons. The molecule has 1 aromatic rings. The Morgan fingerprint density at radius 2 is 2.28 bits per heavy atom. The normalized spacial score (nSPS) is 24.7. The summed E-state index contributed by atoms with van der Waals surface area (Å²) in [7, 11) is 0. The van der Waals surface area contributed by atoms with Gasteiger partial charge in [0.2, 0.25) is 0 Å². The molecule has 1 aliphatic rings. The third-order valence-electron chi connectivity index (χ3n) is 3.84. The van der Waals surface area contributed by atoms with Crippen LogP contribution in [0.5, 0.6) is 0 Å². The summed E-state index contributed by atoms with van der Waals surface area (Å²) in [6.07, 6.45) is 6.80. The third-order valence-corrected chi connectivity index (χ3v) is 3.84. The van der Waals surface area contributed by atoms with Crippen molar-refractivity contribution in [2.24, 2.45) is 11.8 Å². The number of hydrogen-bond acceptors (Lipinski definition) is 3. The fraction of sp³-hybridized carbons (Fsp3) is 0.800. The zero-order valence-electron chi connectivity index (χ0n) is 11.9. The van der Waals surface area contributed by atoms with Crippen molar-refractivity contribution in [3.63, 3.8) is 0 Å². The first kappa shape index (κ1) is 13.6. The fourth-order valence-electron chi connectivity index (χ4n) is 3.11. The molecule has 0 radical (unpaired) electrons. The van der Waals surface area contributed by atoms with Crippen LogP contribution in [0.15, 0.2) is 10.6 Å². The lowest BCUT2D eigenvalue weighted by molar-refractivity contribution is 0.250. The molecule has 1 aliphatic carbocycles. The molecule has 0 spiro atoms. The van der Waals surface area contributed by atoms with E-state index in [1.807, 2.05) is 13.0 Å². The highest BCUT2D eigenvalue weighted by molar-refractivity contribution is 5.03. The first-order valence-electron chi connectivity index (χ1n) is 7.29. The minimum atomic E-state index is 0.666. The number of aryl methyl sites for hydroxylation is 1. The predicted molar refractivity (Wildman–Crippen MR) is 73.3 cm³/mol. The van der Waals surface area contributed by atoms with Crippen LogP contribution in [0.1, 0.15) is 57.4 Å². The van der Waals surface area contributed by atoms with Crippen LogP contribution < -0.4 is 5.32 Å². The van der Waals surface area contributed by atoms with Gasteiger partial charge in [0.1, 0.15) is 5.76 Å². The van der Waals surface area contributed by atoms with Gasteiger partial charge in [0.25, 0.3) is 0 Å². The highest BCUT2D eigenvalue weighted by atomic mass is 16.5. The first-order valence-corrected chi connectivity index (χ1v) is 7.29. The molecular formula is C15H26N2O. The van der Waals surface area contributed by atoms with Gasteiger partial charge in [-0.05, 0) is 38.0 Å². The SMILES string of the molecule is Cc1cc(CNC2CCCC(CC(C)C)C2)no1. The highest BCUT2D eigenvalue weighted by Gasteiger charge is 2.22. The molecule has 1 saturated carbocycles. The van der Waals surface area contributed by atoms with Gasteiger partial charge in [0.15, 0.2) is 0 Å². The smallest absolute Gasteiger partial charge is 0.133 e. The zero-order chi connectivity index (χ0) is 13.0. The van der Waals surface area contributed by atoms with Crippen LogP contribution in [0.3, 0.4) is 0 Å². The molecule has 2 unspecified atom stereocenters. The van der Waals surface area contributed by atoms with Crippen LogP contribution in [0.2, 0.25) is 0 Å². The van der Waals surface area contributed by atoms with E-state index in [1.54, 1.807) is 0 Å². The molecule has 3 heteroatoms. The van der Waals surface area contributed by atoms with Gasteiger partial charge in [-0.1, -0.05) is 31.8 Å². The molecule has 0 saturated heterocycles. The van der Waals surface area contributed by atoms with Crippen molar-refractivity contribution in [3.05, 3.63) is 17.5 Å². The number of nitrogens with zero attached hydrogens (tertiary/aromatic N) is 1. The summed E-state index contributed by atoms with van der Waals surface area (Å²) in [5.74, 6) is 2.63. The maximum absolute atomic E-state index is 5.09. The molecule has 2 rings (SSSR count). The largest absolute Gasteiger partial charge is 0.361 e. The molecule has 18 heavy (non-hydrogen) atoms. The maximum Gasteiger partial charge on any atom is 0.133 e. The van der Waals surface area contributed by atoms with Crippen molar-refractivity contribution in [1.82, 2.24) is 10.5 Å². The number of aromatic nitrogens is 1. The second-order valence-electron chi connectivity index (χ2n) is 6.17. The Balaban J connectivity index is 1.75. The Bertz CT molecular complexity index is 359. The standard InChI is InChI=1S/C15H26N2O/c1-11(2)7-13-5-4-6-14(9-13)16-10-15-8-12(3)18-17-15/h8,11,13-14,16H,4-7,9-10H2,1-3H3. The summed E-state index contributed by atoms with van der Waals surface area (Å²) in [4.78, 5) is 0. The van der Waals surface area contributed by atoms with Crippen molar-refractivity contribution in [3.8, 4) is 0 Å². The second kappa shape index (κ2) is 6.37. The summed E-state index contributed by atoms with van der Waals surface area (Å²) in [5.41, 5.74) is 1.03. The van der Waals surface area contributed by atoms with Crippen LogP contribution >= 0.6 is 0 Å². The Morgan fingerprint density at radius 1 is 1.44 bits per heavy atom. The Hall–Kier alpha value is -0.830. The van der Waals surface area contributed by atoms with E-state index in [-0.39, 0.29) is 0 Å². The van der Waals surface area contributed by atoms with Gasteiger partial charge in [-0.15, -0.1) is 0 Å². The zero-order valence-corrected chi connectivity index (χ0v) is 11.9. The van der Waals surface area contributed by atoms with Crippen molar-refractivity contribution >= 4 is 0 Å². The molecule has 1 aromatic heterocycles. The van der Waals surface area contributed by atoms with Gasteiger partial charge in [-0.2, -0.15) is 0 Å². The molecule has 3 nitrogen and oxygen atoms in total. The van der Waals surface area contributed by atoms with Crippen molar-refractivity contribution in [2.75, 3.05) is 0 Å². The summed E-state index contributed by atoms with van der Waals surface area (Å²) in [6.45, 7) is 7.44. The average molecular weight is 250 g/mol. The molecule has 1 fully saturated rings. The summed E-state index contributed by atoms with van der Waals surface area (Å²) < 4.78 is 5.09. The van der Waals surface area contributed by atoms with E-state index in [0.717, 1.165) is 29.8 Å². The Morgan fingerprint density at radius 3 is 2.94 bits per heavy atom. The Labute approximate surface area is 110 Å². The van der Waals surface area contributed by atoms with Crippen LogP contribution in [-0.4, -0.2) is 11.2 Å². The van der Waals surface area contributed by atoms with E-state index < -0.39 is 0 Å². The van der Waals surface area contributed by atoms with E-state index in [0.29, 0.717) is 6.04 Å². The number of hydrogen-bond donors (Lipinski definition) is 1. The lowest BCUT2D eigenvalue weighted by Gasteiger charge is -2.30. The monoisotopic (exact) mass is 250 g/mol. The van der Waals surface area contributed by atoms with Crippen molar-refractivity contribution in [2.45, 2.75) is 65.5 Å². The molecule has 0 bridgehead atoms. The summed E-state index contributed by atoms with van der Waals surface area (Å²) in [6, 6.07) is 2.68. The van der Waals surface area contributed by atoms with Gasteiger partial charge >= 0.3 is 0 Å². The van der Waals surface area contributed by atoms with E-state index in [4.69, 9.17) is 4.52 Å². The quantitative estimate of drug-likeness (QED) is 0.866. The molecular weight excluding hydrogens is 224 g/mol. The molecule has 1 N–H and O–H groups in total. The van der Waals surface area contributed by atoms with Crippen LogP contribution in [0, 0.1) is 18.8 Å². The molecule has 2 atom stereocenters. The van der Waals surface area contributed by atoms with Crippen LogP contribution in [0.4, 0.5) is 0 Å². The average Bonchev–Trinajstić information content (AvgIpc) is 2.72. The predicted octanol–water partition coefficient (Wildman–Crippen LogP) is 3.68. The lowest BCUT2D eigenvalue weighted by Crippen LogP contribution is -2.34. The van der Waals surface area contributed by atoms with Crippen LogP contribution in [-0.2, 0) is 6.54 Å².